The van der Waals surface area contributed by atoms with Crippen LogP contribution in [0.2, 0.25) is 0 Å². The molecule has 2 aliphatic rings. The number of piperidine rings is 1. The van der Waals surface area contributed by atoms with Crippen LogP contribution in [0.3, 0.4) is 0 Å². The van der Waals surface area contributed by atoms with Crippen LogP contribution in [0.15, 0.2) is 53.6 Å². The molecule has 2 N–H and O–H groups in total. The lowest BCUT2D eigenvalue weighted by Gasteiger charge is -2.38. The third-order valence-corrected chi connectivity index (χ3v) is 13.0. The zero-order chi connectivity index (χ0) is 38.0. The second kappa shape index (κ2) is 16.5. The van der Waals surface area contributed by atoms with Crippen LogP contribution < -0.4 is 5.32 Å². The molecular formula is C37H44F3N9O3S2. The quantitative estimate of drug-likeness (QED) is 0.136. The SMILES string of the molecule is Cc1c(CN2CCC(Nc3ncnc4sc(CC(F)(F)F)cc34)CC2)ccc2c1cc(C#N)n2CC(C)N1CCN(S(=O)N(O)CCc2ccoc2)CC1. The van der Waals surface area contributed by atoms with Gasteiger partial charge in [-0.3, -0.25) is 9.80 Å². The highest BCUT2D eigenvalue weighted by Gasteiger charge is 2.30. The number of nitriles is 1. The molecule has 1 aromatic carbocycles. The van der Waals surface area contributed by atoms with Gasteiger partial charge in [0, 0.05) is 86.8 Å². The lowest BCUT2D eigenvalue weighted by Crippen LogP contribution is -2.53. The Balaban J connectivity index is 0.929. The number of fused-ring (bicyclic) bond motifs is 2. The highest BCUT2D eigenvalue weighted by molar-refractivity contribution is 7.80. The molecule has 0 aliphatic carbocycles. The Bertz CT molecular complexity index is 2120. The number of nitrogens with one attached hydrogen (secondary N) is 1. The number of rotatable bonds is 13. The molecule has 5 aromatic rings. The predicted molar refractivity (Wildman–Crippen MR) is 202 cm³/mol. The summed E-state index contributed by atoms with van der Waals surface area (Å²) in [6.07, 6.45) is 1.63. The number of halogens is 3. The average molecular weight is 784 g/mol. The van der Waals surface area contributed by atoms with Gasteiger partial charge in [0.25, 0.3) is 0 Å². The van der Waals surface area contributed by atoms with Gasteiger partial charge in [-0.25, -0.2) is 18.5 Å². The molecule has 17 heteroatoms. The largest absolute Gasteiger partial charge is 0.472 e. The summed E-state index contributed by atoms with van der Waals surface area (Å²) in [6, 6.07) is 12.3. The number of alkyl halides is 3. The maximum Gasteiger partial charge on any atom is 0.393 e. The Kier molecular flexibility index (Phi) is 11.7. The number of hydroxylamine groups is 1. The molecule has 2 fully saturated rings. The van der Waals surface area contributed by atoms with Gasteiger partial charge in [-0.05, 0) is 74.1 Å². The molecule has 0 radical (unpaired) electrons. The van der Waals surface area contributed by atoms with Crippen molar-refractivity contribution in [2.75, 3.05) is 51.1 Å². The van der Waals surface area contributed by atoms with Gasteiger partial charge in [0.15, 0.2) is 11.2 Å². The first kappa shape index (κ1) is 38.4. The molecule has 2 unspecified atom stereocenters. The Hall–Kier alpha value is -3.89. The number of hydrogen-bond donors (Lipinski definition) is 2. The number of nitrogens with zero attached hydrogens (tertiary/aromatic N) is 8. The van der Waals surface area contributed by atoms with Gasteiger partial charge < -0.3 is 19.5 Å². The standard InChI is InChI=1S/C37H44F3N9O3S2/c1-25(46-12-14-47(15-13-46)54(51)49(50)11-5-27-8-16-52-23-27)21-48-30(20-41)17-32-26(2)28(3-4-34(32)48)22-45-9-6-29(7-10-45)44-35-33-18-31(19-37(38,39)40)53-36(33)43-24-42-35/h3-4,8,16-18,23-25,29,50H,5-7,9-15,19,21-22H2,1-2H3,(H,42,43,44). The van der Waals surface area contributed by atoms with Gasteiger partial charge in [0.05, 0.1) is 24.3 Å². The number of hydrogen-bond acceptors (Lipinski definition) is 10. The van der Waals surface area contributed by atoms with Crippen molar-refractivity contribution in [2.24, 2.45) is 0 Å². The Morgan fingerprint density at radius 1 is 1.13 bits per heavy atom. The van der Waals surface area contributed by atoms with E-state index in [0.717, 1.165) is 70.3 Å². The fraction of sp³-hybridized carbons (Fsp3) is 0.486. The summed E-state index contributed by atoms with van der Waals surface area (Å²) in [6.45, 7) is 10.1. The molecule has 6 heterocycles. The van der Waals surface area contributed by atoms with Crippen molar-refractivity contribution < 1.29 is 27.0 Å². The van der Waals surface area contributed by atoms with Crippen molar-refractivity contribution in [3.05, 3.63) is 76.4 Å². The van der Waals surface area contributed by atoms with E-state index in [4.69, 9.17) is 4.42 Å². The minimum Gasteiger partial charge on any atom is -0.472 e. The molecule has 0 amide bonds. The van der Waals surface area contributed by atoms with Crippen LogP contribution in [-0.4, -0.2) is 107 Å². The molecule has 2 aliphatic heterocycles. The van der Waals surface area contributed by atoms with E-state index >= 15 is 0 Å². The van der Waals surface area contributed by atoms with Crippen LogP contribution in [0.4, 0.5) is 19.0 Å². The van der Waals surface area contributed by atoms with Crippen LogP contribution >= 0.6 is 11.3 Å². The van der Waals surface area contributed by atoms with Gasteiger partial charge in [-0.2, -0.15) is 18.4 Å². The third kappa shape index (κ3) is 8.81. The minimum absolute atomic E-state index is 0.129. The summed E-state index contributed by atoms with van der Waals surface area (Å²) in [5.74, 6) is 0.585. The fourth-order valence-corrected chi connectivity index (χ4v) is 9.52. The van der Waals surface area contributed by atoms with E-state index in [2.05, 4.69) is 61.7 Å². The van der Waals surface area contributed by atoms with E-state index < -0.39 is 23.8 Å². The van der Waals surface area contributed by atoms with Crippen molar-refractivity contribution in [1.29, 1.82) is 5.26 Å². The normalized spacial score (nSPS) is 18.1. The fourth-order valence-electron chi connectivity index (χ4n) is 7.51. The molecule has 7 rings (SSSR count). The van der Waals surface area contributed by atoms with Gasteiger partial charge >= 0.3 is 6.18 Å². The number of aromatic nitrogens is 3. The number of piperazine rings is 1. The Morgan fingerprint density at radius 3 is 2.61 bits per heavy atom. The van der Waals surface area contributed by atoms with E-state index in [1.165, 1.54) is 11.9 Å². The van der Waals surface area contributed by atoms with Crippen LogP contribution in [0.5, 0.6) is 0 Å². The number of anilines is 1. The first-order valence-electron chi connectivity index (χ1n) is 18.1. The number of furan rings is 1. The predicted octanol–water partition coefficient (Wildman–Crippen LogP) is 6.12. The van der Waals surface area contributed by atoms with Crippen LogP contribution in [0.1, 0.15) is 47.0 Å². The highest BCUT2D eigenvalue weighted by Crippen LogP contribution is 2.34. The Labute approximate surface area is 318 Å². The van der Waals surface area contributed by atoms with Crippen molar-refractivity contribution in [2.45, 2.75) is 70.9 Å². The van der Waals surface area contributed by atoms with Gasteiger partial charge in [0.2, 0.25) is 0 Å². The monoisotopic (exact) mass is 783 g/mol. The van der Waals surface area contributed by atoms with Crippen molar-refractivity contribution in [3.8, 4) is 6.07 Å². The maximum absolute atomic E-state index is 13.0. The minimum atomic E-state index is -4.27. The van der Waals surface area contributed by atoms with Gasteiger partial charge in [0.1, 0.15) is 28.7 Å². The first-order chi connectivity index (χ1) is 26.0. The number of aryl methyl sites for hydroxylation is 1. The van der Waals surface area contributed by atoms with Crippen molar-refractivity contribution >= 4 is 49.4 Å². The zero-order valence-corrected chi connectivity index (χ0v) is 31.9. The molecule has 0 saturated carbocycles. The van der Waals surface area contributed by atoms with E-state index in [9.17, 15) is 27.8 Å². The number of likely N-dealkylation sites (tertiary alicyclic amines) is 1. The Morgan fingerprint density at radius 2 is 1.91 bits per heavy atom. The van der Waals surface area contributed by atoms with E-state index in [0.29, 0.717) is 60.9 Å². The second-order valence-electron chi connectivity index (χ2n) is 14.2. The topological polar surface area (TPSA) is 130 Å². The second-order valence-corrected chi connectivity index (χ2v) is 16.7. The molecule has 288 valence electrons. The summed E-state index contributed by atoms with van der Waals surface area (Å²) >= 11 is -0.587. The smallest absolute Gasteiger partial charge is 0.393 e. The molecule has 2 saturated heterocycles. The van der Waals surface area contributed by atoms with Gasteiger partial charge in [-0.15, -0.1) is 11.3 Å². The van der Waals surface area contributed by atoms with Crippen LogP contribution in [0, 0.1) is 18.3 Å². The average Bonchev–Trinajstić information content (AvgIpc) is 3.91. The summed E-state index contributed by atoms with van der Waals surface area (Å²) in [4.78, 5) is 14.1. The molecule has 2 atom stereocenters. The lowest BCUT2D eigenvalue weighted by molar-refractivity contribution is -0.126. The van der Waals surface area contributed by atoms with E-state index in [-0.39, 0.29) is 23.5 Å². The third-order valence-electron chi connectivity index (χ3n) is 10.6. The van der Waals surface area contributed by atoms with Gasteiger partial charge in [-0.1, -0.05) is 10.5 Å². The van der Waals surface area contributed by atoms with Crippen molar-refractivity contribution in [1.82, 2.24) is 33.1 Å². The number of thiophene rings is 1. The molecule has 0 spiro atoms. The molecule has 12 nitrogen and oxygen atoms in total. The summed E-state index contributed by atoms with van der Waals surface area (Å²) in [5.41, 5.74) is 4.95. The van der Waals surface area contributed by atoms with Crippen LogP contribution in [-0.2, 0) is 37.1 Å². The van der Waals surface area contributed by atoms with E-state index in [1.54, 1.807) is 22.9 Å². The summed E-state index contributed by atoms with van der Waals surface area (Å²) < 4.78 is 61.8. The highest BCUT2D eigenvalue weighted by atomic mass is 32.2. The first-order valence-corrected chi connectivity index (χ1v) is 20.0. The summed E-state index contributed by atoms with van der Waals surface area (Å²) in [5, 5.41) is 25.7. The molecular weight excluding hydrogens is 740 g/mol. The molecule has 0 bridgehead atoms. The van der Waals surface area contributed by atoms with Crippen LogP contribution in [0.25, 0.3) is 21.1 Å². The molecule has 4 aromatic heterocycles. The maximum atomic E-state index is 13.0. The van der Waals surface area contributed by atoms with Crippen molar-refractivity contribution in [3.63, 3.8) is 0 Å². The summed E-state index contributed by atoms with van der Waals surface area (Å²) in [7, 11) is 0. The zero-order valence-electron chi connectivity index (χ0n) is 30.3. The molecule has 54 heavy (non-hydrogen) atoms. The lowest BCUT2D eigenvalue weighted by atomic mass is 10.0. The van der Waals surface area contributed by atoms with E-state index in [1.807, 2.05) is 12.1 Å². The number of benzene rings is 1.